The number of benzene rings is 13. The lowest BCUT2D eigenvalue weighted by Gasteiger charge is -2.52. The topological polar surface area (TPSA) is 196 Å². The Balaban J connectivity index is 0.846. The predicted molar refractivity (Wildman–Crippen MR) is 512 cm³/mol. The number of thioether (sulfide) groups is 1. The van der Waals surface area contributed by atoms with Gasteiger partial charge < -0.3 is 95.1 Å². The van der Waals surface area contributed by atoms with Gasteiger partial charge in [0.05, 0.1) is 106 Å². The molecule has 0 spiro atoms. The first-order valence-corrected chi connectivity index (χ1v) is 47.4. The van der Waals surface area contributed by atoms with Crippen molar-refractivity contribution < 1.29 is 95.1 Å². The number of ether oxygens (including phenoxy) is 19. The lowest BCUT2D eigenvalue weighted by Crippen LogP contribution is -2.69. The largest absolute Gasteiger partial charge is 0.385 e. The molecule has 4 heterocycles. The van der Waals surface area contributed by atoms with Gasteiger partial charge >= 0.3 is 0 Å². The van der Waals surface area contributed by atoms with E-state index < -0.39 is 122 Å². The molecule has 13 aromatic rings. The van der Waals surface area contributed by atoms with Crippen molar-refractivity contribution in [1.29, 1.82) is 0 Å². The van der Waals surface area contributed by atoms with E-state index in [4.69, 9.17) is 90.0 Å². The highest BCUT2D eigenvalue weighted by Crippen LogP contribution is 2.44. The predicted octanol–water partition coefficient (Wildman–Crippen LogP) is 19.7. The number of hydrogen-bond donors (Lipinski definition) is 1. The maximum absolute atomic E-state index is 13.9. The van der Waals surface area contributed by atoms with Crippen LogP contribution in [0, 0.1) is 0 Å². The van der Waals surface area contributed by atoms with Crippen LogP contribution < -0.4 is 0 Å². The number of hydrogen-bond acceptors (Lipinski definition) is 21. The third kappa shape index (κ3) is 28.3. The molecule has 20 nitrogen and oxygen atoms in total. The molecule has 8 unspecified atom stereocenters. The molecule has 0 radical (unpaired) electrons. The molecule has 20 atom stereocenters. The van der Waals surface area contributed by atoms with Crippen molar-refractivity contribution in [3.05, 3.63) is 461 Å². The lowest BCUT2D eigenvalue weighted by molar-refractivity contribution is -0.410. The highest BCUT2D eigenvalue weighted by Gasteiger charge is 2.60. The van der Waals surface area contributed by atoms with Crippen molar-refractivity contribution >= 4 is 11.8 Å². The van der Waals surface area contributed by atoms with Crippen LogP contribution in [0.4, 0.5) is 0 Å². The van der Waals surface area contributed by atoms with Gasteiger partial charge in [-0.15, -0.1) is 0 Å². The van der Waals surface area contributed by atoms with Gasteiger partial charge in [-0.1, -0.05) is 394 Å². The Hall–Kier alpha value is -10.6. The van der Waals surface area contributed by atoms with Gasteiger partial charge in [-0.05, 0) is 78.9 Å². The van der Waals surface area contributed by atoms with Crippen LogP contribution in [0.3, 0.4) is 0 Å². The molecule has 21 heteroatoms. The summed E-state index contributed by atoms with van der Waals surface area (Å²) in [6.45, 7) is 1.47. The Morgan fingerprint density at radius 3 is 0.630 bits per heavy atom. The third-order valence-corrected chi connectivity index (χ3v) is 25.3. The first-order valence-electron chi connectivity index (χ1n) is 46.6. The van der Waals surface area contributed by atoms with Gasteiger partial charge in [0.2, 0.25) is 0 Å². The first-order chi connectivity index (χ1) is 66.9. The molecule has 13 aromatic carbocycles. The van der Waals surface area contributed by atoms with E-state index >= 15 is 0 Å². The van der Waals surface area contributed by atoms with Crippen LogP contribution in [0.1, 0.15) is 66.8 Å². The fourth-order valence-electron chi connectivity index (χ4n) is 17.2. The van der Waals surface area contributed by atoms with Crippen molar-refractivity contribution in [2.24, 2.45) is 0 Å². The molecule has 0 bridgehead atoms. The van der Waals surface area contributed by atoms with Crippen LogP contribution in [-0.2, 0) is 169 Å². The van der Waals surface area contributed by atoms with E-state index in [-0.39, 0.29) is 106 Å². The Labute approximate surface area is 795 Å². The lowest BCUT2D eigenvalue weighted by atomic mass is 9.95. The minimum Gasteiger partial charge on any atom is -0.385 e. The zero-order chi connectivity index (χ0) is 91.5. The summed E-state index contributed by atoms with van der Waals surface area (Å²) in [6.07, 6.45) is -22.9. The zero-order valence-electron chi connectivity index (χ0n) is 75.5. The van der Waals surface area contributed by atoms with E-state index in [9.17, 15) is 5.11 Å². The van der Waals surface area contributed by atoms with Crippen LogP contribution in [0.5, 0.6) is 0 Å². The molecule has 700 valence electrons. The minimum atomic E-state index is -1.63. The Morgan fingerprint density at radius 2 is 0.370 bits per heavy atom. The summed E-state index contributed by atoms with van der Waals surface area (Å²) in [7, 11) is 0. The standard InChI is InChI=1S/C114H118O20S/c115-99-104(124-74-90-56-30-9-31-57-90)100(120-70-86-48-22-5-23-49-86)95(78-116-66-82-40-14-1-15-41-82)128-111(99)132-108-105(125-75-91-58-32-10-33-59-91)101(121-71-87-50-24-6-25-51-87)96(79-117-67-83-42-16-2-17-43-83)129-112(108)133-109-106(126-76-92-60-34-11-35-61-92)102(122-72-88-52-26-7-27-53-88)97(80-118-68-84-44-18-3-19-45-84)130-113(109)134-110-107(127-77-93-62-36-12-37-63-93)103(123-73-89-54-28-8-29-55-89)98(81-119-69-85-46-20-4-21-47-85)131-114(110)135-94-64-38-13-39-65-94/h1-65,95-115H,66-81H2/t95?,96?,97?,98?,99?,100-,101-,102-,103-,104+,105-,106-,107-,108?,109?,110?,111-,112-,113-,114-/m1/s1. The van der Waals surface area contributed by atoms with Gasteiger partial charge in [0.1, 0.15) is 103 Å². The van der Waals surface area contributed by atoms with Gasteiger partial charge in [0, 0.05) is 4.90 Å². The maximum atomic E-state index is 13.9. The smallest absolute Gasteiger partial charge is 0.187 e. The molecule has 4 aliphatic heterocycles. The van der Waals surface area contributed by atoms with E-state index in [0.717, 1.165) is 71.7 Å². The van der Waals surface area contributed by atoms with Gasteiger partial charge in [-0.25, -0.2) is 0 Å². The minimum absolute atomic E-state index is 0.0165. The summed E-state index contributed by atoms with van der Waals surface area (Å²) in [5, 5.41) is 13.9. The van der Waals surface area contributed by atoms with Crippen molar-refractivity contribution in [3.63, 3.8) is 0 Å². The molecule has 0 aromatic heterocycles. The Morgan fingerprint density at radius 1 is 0.185 bits per heavy atom. The monoisotopic (exact) mass is 1840 g/mol. The average Bonchev–Trinajstić information content (AvgIpc) is 0.753. The second-order valence-electron chi connectivity index (χ2n) is 34.0. The highest BCUT2D eigenvalue weighted by atomic mass is 32.2. The molecule has 4 aliphatic rings. The second kappa shape index (κ2) is 51.5. The van der Waals surface area contributed by atoms with Gasteiger partial charge in [-0.2, -0.15) is 0 Å². The fraction of sp³-hybridized carbons (Fsp3) is 0.316. The Kier molecular flexibility index (Phi) is 36.7. The Bertz CT molecular complexity index is 5430. The van der Waals surface area contributed by atoms with Gasteiger partial charge in [0.25, 0.3) is 0 Å². The van der Waals surface area contributed by atoms with Crippen LogP contribution in [0.25, 0.3) is 0 Å². The zero-order valence-corrected chi connectivity index (χ0v) is 76.3. The summed E-state index contributed by atoms with van der Waals surface area (Å²) in [5.74, 6) is 0. The van der Waals surface area contributed by atoms with Gasteiger partial charge in [-0.3, -0.25) is 0 Å². The number of aliphatic hydroxyl groups is 1. The molecular weight excluding hydrogens is 1720 g/mol. The van der Waals surface area contributed by atoms with E-state index in [2.05, 4.69) is 0 Å². The second-order valence-corrected chi connectivity index (χ2v) is 35.2. The van der Waals surface area contributed by atoms with Gasteiger partial charge in [0.15, 0.2) is 18.9 Å². The molecule has 4 saturated heterocycles. The van der Waals surface area contributed by atoms with Crippen LogP contribution in [-0.4, -0.2) is 154 Å². The molecule has 1 N–H and O–H groups in total. The average molecular weight is 1840 g/mol. The molecular formula is C114H118O20S. The fourth-order valence-corrected chi connectivity index (χ4v) is 18.3. The van der Waals surface area contributed by atoms with Crippen LogP contribution in [0.2, 0.25) is 0 Å². The van der Waals surface area contributed by atoms with E-state index in [1.807, 2.05) is 394 Å². The number of aliphatic hydroxyl groups excluding tert-OH is 1. The SMILES string of the molecule is OC1[C@@H](OC2[C@@H](OC3[C@@H](OC4[C@@H](Sc5ccccc5)OC(COCc5ccccc5)[C@@H](OCc5ccccc5)[C@H]4OCc4ccccc4)OC(COCc4ccccc4)[C@@H](OCc4ccccc4)[C@H]3OCc3ccccc3)OC(COCc3ccccc3)[C@@H](OCc3ccccc3)[C@H]2OCc2ccccc2)OC(COCc2ccccc2)[C@@H](OCc2ccccc2)[C@H]1OCc1ccccc1. The normalized spacial score (nSPS) is 25.2. The molecule has 0 aliphatic carbocycles. The molecule has 4 fully saturated rings. The van der Waals surface area contributed by atoms with Crippen molar-refractivity contribution in [3.8, 4) is 0 Å². The van der Waals surface area contributed by atoms with Crippen molar-refractivity contribution in [1.82, 2.24) is 0 Å². The highest BCUT2D eigenvalue weighted by molar-refractivity contribution is 7.99. The van der Waals surface area contributed by atoms with Crippen molar-refractivity contribution in [2.75, 3.05) is 26.4 Å². The third-order valence-electron chi connectivity index (χ3n) is 24.1. The number of rotatable bonds is 48. The summed E-state index contributed by atoms with van der Waals surface area (Å²) < 4.78 is 142. The summed E-state index contributed by atoms with van der Waals surface area (Å²) in [6, 6.07) is 130. The van der Waals surface area contributed by atoms with Crippen LogP contribution in [0.15, 0.2) is 399 Å². The molecule has 17 rings (SSSR count). The van der Waals surface area contributed by atoms with E-state index in [1.54, 1.807) is 0 Å². The molecule has 0 amide bonds. The van der Waals surface area contributed by atoms with E-state index in [1.165, 1.54) is 11.8 Å². The summed E-state index contributed by atoms with van der Waals surface area (Å²) in [5.41, 5.74) is 9.80. The summed E-state index contributed by atoms with van der Waals surface area (Å²) in [4.78, 5) is 0.870. The van der Waals surface area contributed by atoms with Crippen molar-refractivity contribution in [2.45, 2.75) is 206 Å². The summed E-state index contributed by atoms with van der Waals surface area (Å²) >= 11 is 1.47. The quantitative estimate of drug-likeness (QED) is 0.0378. The molecule has 0 saturated carbocycles. The van der Waals surface area contributed by atoms with E-state index in [0.29, 0.717) is 0 Å². The maximum Gasteiger partial charge on any atom is 0.187 e. The molecule has 135 heavy (non-hydrogen) atoms. The van der Waals surface area contributed by atoms with Crippen LogP contribution >= 0.6 is 11.8 Å². The first kappa shape index (κ1) is 96.1.